The van der Waals surface area contributed by atoms with E-state index in [0.29, 0.717) is 25.7 Å². The smallest absolute Gasteiger partial charge is 0.462 e. The first-order valence-corrected chi connectivity index (χ1v) is 47.4. The number of rotatable bonds is 84. The zero-order valence-electron chi connectivity index (χ0n) is 69.2. The fraction of sp³-hybridized carbons (Fsp3) is 0.908. The van der Waals surface area contributed by atoms with Gasteiger partial charge in [-0.05, 0) is 63.2 Å². The fourth-order valence-electron chi connectivity index (χ4n) is 13.0. The van der Waals surface area contributed by atoms with E-state index in [0.717, 1.165) is 115 Å². The lowest BCUT2D eigenvalue weighted by molar-refractivity contribution is -0.161. The average molecular weight is 1550 g/mol. The Morgan fingerprint density at radius 3 is 0.802 bits per heavy atom. The van der Waals surface area contributed by atoms with Crippen LogP contribution < -0.4 is 0 Å². The highest BCUT2D eigenvalue weighted by atomic mass is 31.2. The quantitative estimate of drug-likeness (QED) is 0.0169. The summed E-state index contributed by atoms with van der Waals surface area (Å²) in [7, 11) is -9.94. The number of hydrogen-bond donors (Lipinski definition) is 3. The first kappa shape index (κ1) is 104. The molecule has 0 aromatic carbocycles. The van der Waals surface area contributed by atoms with E-state index < -0.39 is 97.5 Å². The molecule has 0 fully saturated rings. The van der Waals surface area contributed by atoms with E-state index in [4.69, 9.17) is 37.0 Å². The Labute approximate surface area is 650 Å². The van der Waals surface area contributed by atoms with Crippen molar-refractivity contribution < 1.29 is 80.2 Å². The van der Waals surface area contributed by atoms with Crippen LogP contribution in [0.5, 0.6) is 0 Å². The Bertz CT molecular complexity index is 2130. The van der Waals surface area contributed by atoms with E-state index in [9.17, 15) is 43.2 Å². The van der Waals surface area contributed by atoms with E-state index in [-0.39, 0.29) is 25.7 Å². The summed E-state index contributed by atoms with van der Waals surface area (Å²) >= 11 is 0. The van der Waals surface area contributed by atoms with Crippen molar-refractivity contribution in [1.29, 1.82) is 0 Å². The summed E-state index contributed by atoms with van der Waals surface area (Å²) in [5, 5.41) is 10.7. The van der Waals surface area contributed by atoms with Gasteiger partial charge in [-0.3, -0.25) is 37.3 Å². The van der Waals surface area contributed by atoms with Crippen molar-refractivity contribution in [3.63, 3.8) is 0 Å². The monoisotopic (exact) mass is 1550 g/mol. The van der Waals surface area contributed by atoms with Crippen molar-refractivity contribution in [2.45, 2.75) is 458 Å². The number of carbonyl (C=O) groups is 4. The molecule has 0 bridgehead atoms. The summed E-state index contributed by atoms with van der Waals surface area (Å²) in [6, 6.07) is 0. The predicted molar refractivity (Wildman–Crippen MR) is 437 cm³/mol. The van der Waals surface area contributed by atoms with Gasteiger partial charge in [0.2, 0.25) is 0 Å². The number of phosphoric ester groups is 2. The number of hydrogen-bond acceptors (Lipinski definition) is 15. The molecule has 0 aromatic rings. The van der Waals surface area contributed by atoms with Gasteiger partial charge in [0, 0.05) is 25.7 Å². The van der Waals surface area contributed by atoms with E-state index >= 15 is 0 Å². The van der Waals surface area contributed by atoms with Crippen LogP contribution in [0.25, 0.3) is 0 Å². The Morgan fingerprint density at radius 2 is 0.528 bits per heavy atom. The Morgan fingerprint density at radius 1 is 0.302 bits per heavy atom. The summed E-state index contributed by atoms with van der Waals surface area (Å²) in [6.45, 7) is 9.66. The average Bonchev–Trinajstić information content (AvgIpc) is 0.907. The molecule has 0 saturated heterocycles. The fourth-order valence-corrected chi connectivity index (χ4v) is 14.6. The van der Waals surface area contributed by atoms with Crippen LogP contribution in [0.15, 0.2) is 24.3 Å². The number of phosphoric acid groups is 2. The van der Waals surface area contributed by atoms with E-state index in [2.05, 4.69) is 65.8 Å². The molecular weight excluding hydrogens is 1380 g/mol. The molecule has 0 radical (unpaired) electrons. The van der Waals surface area contributed by atoms with Crippen molar-refractivity contribution in [1.82, 2.24) is 0 Å². The van der Waals surface area contributed by atoms with E-state index in [1.165, 1.54) is 244 Å². The molecule has 0 aliphatic rings. The Balaban J connectivity index is 5.28. The van der Waals surface area contributed by atoms with Gasteiger partial charge >= 0.3 is 39.5 Å². The number of aliphatic hydroxyl groups is 1. The van der Waals surface area contributed by atoms with Crippen LogP contribution in [0.1, 0.15) is 440 Å². The highest BCUT2D eigenvalue weighted by Crippen LogP contribution is 2.45. The third-order valence-corrected chi connectivity index (χ3v) is 22.5. The van der Waals surface area contributed by atoms with Gasteiger partial charge in [-0.15, -0.1) is 0 Å². The maximum atomic E-state index is 13.2. The number of esters is 4. The molecule has 0 aromatic heterocycles. The highest BCUT2D eigenvalue weighted by Gasteiger charge is 2.30. The summed E-state index contributed by atoms with van der Waals surface area (Å²) in [6.07, 6.45) is 72.9. The number of allylic oxidation sites excluding steroid dienone is 4. The Hall–Kier alpha value is -2.46. The molecule has 0 aliphatic heterocycles. The molecular formula is C87H166O17P2. The maximum absolute atomic E-state index is 13.2. The van der Waals surface area contributed by atoms with Gasteiger partial charge in [-0.2, -0.15) is 0 Å². The molecule has 3 N–H and O–H groups in total. The van der Waals surface area contributed by atoms with Crippen molar-refractivity contribution in [3.05, 3.63) is 24.3 Å². The molecule has 0 amide bonds. The minimum atomic E-state index is -4.97. The first-order chi connectivity index (χ1) is 51.4. The maximum Gasteiger partial charge on any atom is 0.472 e. The van der Waals surface area contributed by atoms with Crippen LogP contribution >= 0.6 is 15.6 Å². The summed E-state index contributed by atoms with van der Waals surface area (Å²) in [5.74, 6) is -0.509. The van der Waals surface area contributed by atoms with Crippen molar-refractivity contribution >= 4 is 39.5 Å². The standard InChI is InChI=1S/C87H166O17P2/c1-7-11-13-15-17-19-21-23-25-26-27-28-29-30-32-38-42-46-54-60-66-72-86(91)103-82(75-97-84(89)69-63-57-51-44-40-36-34-33-35-39-43-49-55-61-67-79(5)9-3)77-101-105(93,94)99-73-81(88)74-100-106(95,96)102-78-83(76-98-85(90)70-64-58-52-48-47-50-56-62-68-80(6)10-4)104-87(92)71-65-59-53-45-41-37-31-24-22-20-18-16-14-12-8-2/h20,22,24,31,79-83,88H,7-19,21,23,25-30,32-78H2,1-6H3,(H,93,94)(H,95,96)/b22-20-,31-24-/t79?,80?,81-,82-,83-/m1/s1. The van der Waals surface area contributed by atoms with Crippen molar-refractivity contribution in [2.24, 2.45) is 11.8 Å². The normalized spacial score (nSPS) is 14.5. The molecule has 0 rings (SSSR count). The molecule has 4 unspecified atom stereocenters. The van der Waals surface area contributed by atoms with Gasteiger partial charge in [-0.1, -0.05) is 387 Å². The van der Waals surface area contributed by atoms with Gasteiger partial charge in [0.05, 0.1) is 26.4 Å². The minimum Gasteiger partial charge on any atom is -0.462 e. The lowest BCUT2D eigenvalue weighted by Crippen LogP contribution is -2.30. The largest absolute Gasteiger partial charge is 0.472 e. The van der Waals surface area contributed by atoms with Crippen LogP contribution in [0, 0.1) is 11.8 Å². The second-order valence-corrected chi connectivity index (χ2v) is 34.0. The zero-order chi connectivity index (χ0) is 77.8. The lowest BCUT2D eigenvalue weighted by Gasteiger charge is -2.21. The molecule has 19 heteroatoms. The molecule has 7 atom stereocenters. The second kappa shape index (κ2) is 77.8. The molecule has 0 aliphatic carbocycles. The van der Waals surface area contributed by atoms with Gasteiger partial charge < -0.3 is 33.8 Å². The van der Waals surface area contributed by atoms with Crippen LogP contribution in [-0.2, 0) is 65.4 Å². The summed E-state index contributed by atoms with van der Waals surface area (Å²) in [5.41, 5.74) is 0. The zero-order valence-corrected chi connectivity index (χ0v) is 71.0. The lowest BCUT2D eigenvalue weighted by atomic mass is 9.99. The van der Waals surface area contributed by atoms with Crippen molar-refractivity contribution in [3.8, 4) is 0 Å². The SMILES string of the molecule is CCCCCC/C=C\C=C/CCCCCCCC(=O)O[C@H](COC(=O)CCCCCCCCCCC(C)CC)COP(=O)(O)OC[C@H](O)COP(=O)(O)OC[C@@H](COC(=O)CCCCCCCCCCCCCCCCC(C)CC)OC(=O)CCCCCCCCCCCCCCCCCCCCCCC. The third-order valence-electron chi connectivity index (χ3n) is 20.6. The second-order valence-electron chi connectivity index (χ2n) is 31.1. The van der Waals surface area contributed by atoms with E-state index in [1.807, 2.05) is 0 Å². The van der Waals surface area contributed by atoms with Crippen LogP contribution in [0.3, 0.4) is 0 Å². The third kappa shape index (κ3) is 76.9. The summed E-state index contributed by atoms with van der Waals surface area (Å²) < 4.78 is 68.9. The number of carbonyl (C=O) groups excluding carboxylic acids is 4. The molecule has 0 heterocycles. The highest BCUT2D eigenvalue weighted by molar-refractivity contribution is 7.47. The van der Waals surface area contributed by atoms with Gasteiger partial charge in [0.15, 0.2) is 12.2 Å². The molecule has 106 heavy (non-hydrogen) atoms. The minimum absolute atomic E-state index is 0.0849. The number of aliphatic hydroxyl groups excluding tert-OH is 1. The van der Waals surface area contributed by atoms with Gasteiger partial charge in [0.1, 0.15) is 19.3 Å². The molecule has 626 valence electrons. The van der Waals surface area contributed by atoms with Crippen LogP contribution in [-0.4, -0.2) is 96.7 Å². The molecule has 17 nitrogen and oxygen atoms in total. The molecule has 0 spiro atoms. The van der Waals surface area contributed by atoms with Crippen LogP contribution in [0.2, 0.25) is 0 Å². The van der Waals surface area contributed by atoms with E-state index in [1.54, 1.807) is 0 Å². The summed E-state index contributed by atoms with van der Waals surface area (Å²) in [4.78, 5) is 73.3. The Kier molecular flexibility index (Phi) is 76.0. The molecule has 0 saturated carbocycles. The topological polar surface area (TPSA) is 237 Å². The number of unbranched alkanes of at least 4 members (excludes halogenated alkanes) is 49. The number of ether oxygens (including phenoxy) is 4. The first-order valence-electron chi connectivity index (χ1n) is 44.4. The van der Waals surface area contributed by atoms with Gasteiger partial charge in [-0.25, -0.2) is 9.13 Å². The van der Waals surface area contributed by atoms with Crippen LogP contribution in [0.4, 0.5) is 0 Å². The van der Waals surface area contributed by atoms with Crippen molar-refractivity contribution in [2.75, 3.05) is 39.6 Å². The predicted octanol–water partition coefficient (Wildman–Crippen LogP) is 26.2. The van der Waals surface area contributed by atoms with Gasteiger partial charge in [0.25, 0.3) is 0 Å².